The van der Waals surface area contributed by atoms with Crippen molar-refractivity contribution in [2.24, 2.45) is 0 Å². The molecule has 0 aliphatic carbocycles. The number of hydrogen-bond acceptors (Lipinski definition) is 9. The molecule has 0 aromatic heterocycles. The van der Waals surface area contributed by atoms with Gasteiger partial charge in [-0.3, -0.25) is 4.79 Å². The van der Waals surface area contributed by atoms with Crippen LogP contribution in [0.2, 0.25) is 0 Å². The summed E-state index contributed by atoms with van der Waals surface area (Å²) in [6.45, 7) is 1.06. The number of para-hydroxylation sites is 1. The fourth-order valence-corrected chi connectivity index (χ4v) is 5.76. The van der Waals surface area contributed by atoms with Gasteiger partial charge in [0.25, 0.3) is 5.91 Å². The molecule has 4 rings (SSSR count). The lowest BCUT2D eigenvalue weighted by Crippen LogP contribution is -2.45. The molecule has 212 valence electrons. The van der Waals surface area contributed by atoms with E-state index in [1.165, 1.54) is 45.2 Å². The van der Waals surface area contributed by atoms with Crippen LogP contribution in [-0.4, -0.2) is 78.5 Å². The molecule has 0 spiro atoms. The van der Waals surface area contributed by atoms with Crippen molar-refractivity contribution in [3.05, 3.63) is 71.8 Å². The van der Waals surface area contributed by atoms with Crippen molar-refractivity contribution in [2.75, 3.05) is 60.5 Å². The summed E-state index contributed by atoms with van der Waals surface area (Å²) >= 11 is 1.49. The fourth-order valence-electron chi connectivity index (χ4n) is 4.44. The second-order valence-electron chi connectivity index (χ2n) is 9.31. The second kappa shape index (κ2) is 13.0. The number of thioether (sulfide) groups is 1. The molecule has 9 nitrogen and oxygen atoms in total. The van der Waals surface area contributed by atoms with Crippen LogP contribution in [0.4, 0.5) is 5.69 Å². The number of amides is 1. The number of hydrogen-bond donors (Lipinski definition) is 0. The molecule has 40 heavy (non-hydrogen) atoms. The van der Waals surface area contributed by atoms with Gasteiger partial charge in [-0.1, -0.05) is 24.3 Å². The molecule has 1 amide bonds. The van der Waals surface area contributed by atoms with Crippen LogP contribution in [0.5, 0.6) is 23.0 Å². The maximum Gasteiger partial charge on any atom is 0.339 e. The zero-order chi connectivity index (χ0) is 28.8. The van der Waals surface area contributed by atoms with Gasteiger partial charge in [0.15, 0.2) is 17.6 Å². The van der Waals surface area contributed by atoms with Crippen LogP contribution in [0.3, 0.4) is 0 Å². The van der Waals surface area contributed by atoms with E-state index in [0.29, 0.717) is 36.1 Å². The Kier molecular flexibility index (Phi) is 9.44. The first-order chi connectivity index (χ1) is 19.3. The van der Waals surface area contributed by atoms with Gasteiger partial charge in [-0.25, -0.2) is 4.79 Å². The summed E-state index contributed by atoms with van der Waals surface area (Å²) in [6, 6.07) is 18.2. The van der Waals surface area contributed by atoms with Crippen molar-refractivity contribution < 1.29 is 33.3 Å². The molecule has 1 aliphatic rings. The number of benzene rings is 3. The molecule has 0 saturated carbocycles. The number of carbonyl (C=O) groups is 2. The number of likely N-dealkylation sites (N-methyl/N-ethyl adjacent to an activating group) is 1. The van der Waals surface area contributed by atoms with E-state index in [4.69, 9.17) is 23.7 Å². The minimum absolute atomic E-state index is 0.169. The summed E-state index contributed by atoms with van der Waals surface area (Å²) < 4.78 is 27.6. The van der Waals surface area contributed by atoms with Crippen LogP contribution in [0.15, 0.2) is 65.6 Å². The number of ether oxygens (including phenoxy) is 5. The van der Waals surface area contributed by atoms with E-state index in [9.17, 15) is 9.59 Å². The number of methoxy groups -OCH3 is 4. The first kappa shape index (κ1) is 29.1. The molecular formula is C30H34N2O7S. The molecular weight excluding hydrogens is 532 g/mol. The van der Waals surface area contributed by atoms with Crippen LogP contribution in [0.1, 0.15) is 21.2 Å². The monoisotopic (exact) mass is 566 g/mol. The quantitative estimate of drug-likeness (QED) is 0.325. The third kappa shape index (κ3) is 6.13. The molecule has 3 aromatic rings. The van der Waals surface area contributed by atoms with E-state index >= 15 is 0 Å². The van der Waals surface area contributed by atoms with E-state index in [0.717, 1.165) is 16.1 Å². The molecule has 0 radical (unpaired) electrons. The predicted octanol–water partition coefficient (Wildman–Crippen LogP) is 4.69. The lowest BCUT2D eigenvalue weighted by molar-refractivity contribution is -0.127. The third-order valence-electron chi connectivity index (χ3n) is 6.54. The Labute approximate surface area is 238 Å². The minimum atomic E-state index is -1.13. The third-order valence-corrected chi connectivity index (χ3v) is 7.92. The van der Waals surface area contributed by atoms with Crippen molar-refractivity contribution in [1.29, 1.82) is 0 Å². The van der Waals surface area contributed by atoms with E-state index in [1.807, 2.05) is 67.5 Å². The van der Waals surface area contributed by atoms with Crippen molar-refractivity contribution in [1.82, 2.24) is 4.90 Å². The van der Waals surface area contributed by atoms with Crippen molar-refractivity contribution in [2.45, 2.75) is 16.2 Å². The topological polar surface area (TPSA) is 86.8 Å². The molecule has 0 N–H and O–H groups in total. The number of nitrogens with zero attached hydrogens (tertiary/aromatic N) is 2. The highest BCUT2D eigenvalue weighted by Gasteiger charge is 2.41. The molecule has 2 unspecified atom stereocenters. The fraction of sp³-hybridized carbons (Fsp3) is 0.333. The maximum atomic E-state index is 14.3. The summed E-state index contributed by atoms with van der Waals surface area (Å²) in [6.07, 6.45) is -1.13. The molecule has 0 saturated heterocycles. The standard InChI is InChI=1S/C30H34N2O7S/c1-31(2)15-16-32-22-9-7-8-10-25(22)40-28(19-11-13-21(35-3)14-12-19)27(29(32)33)39-30(34)20-17-23(36-4)26(38-6)24(18-20)37-5/h7-14,17-18,27-28H,15-16H2,1-6H3. The van der Waals surface area contributed by atoms with E-state index in [1.54, 1.807) is 12.0 Å². The molecule has 10 heteroatoms. The highest BCUT2D eigenvalue weighted by Crippen LogP contribution is 2.47. The Bertz CT molecular complexity index is 1320. The first-order valence-electron chi connectivity index (χ1n) is 12.7. The second-order valence-corrected chi connectivity index (χ2v) is 10.5. The number of fused-ring (bicyclic) bond motifs is 1. The average molecular weight is 567 g/mol. The Balaban J connectivity index is 1.79. The van der Waals surface area contributed by atoms with Crippen molar-refractivity contribution in [3.8, 4) is 23.0 Å². The Morgan fingerprint density at radius 1 is 0.900 bits per heavy atom. The van der Waals surface area contributed by atoms with E-state index in [2.05, 4.69) is 0 Å². The Morgan fingerprint density at radius 2 is 1.55 bits per heavy atom. The normalized spacial score (nSPS) is 16.7. The molecule has 0 bridgehead atoms. The van der Waals surface area contributed by atoms with Crippen LogP contribution in [0.25, 0.3) is 0 Å². The Morgan fingerprint density at radius 3 is 2.12 bits per heavy atom. The summed E-state index contributed by atoms with van der Waals surface area (Å²) in [5.41, 5.74) is 1.78. The molecule has 1 heterocycles. The van der Waals surface area contributed by atoms with Crippen LogP contribution in [-0.2, 0) is 9.53 Å². The first-order valence-corrected chi connectivity index (χ1v) is 13.6. The largest absolute Gasteiger partial charge is 0.497 e. The highest BCUT2D eigenvalue weighted by atomic mass is 32.2. The smallest absolute Gasteiger partial charge is 0.339 e. The van der Waals surface area contributed by atoms with Crippen molar-refractivity contribution in [3.63, 3.8) is 0 Å². The molecule has 2 atom stereocenters. The zero-order valence-corrected chi connectivity index (χ0v) is 24.3. The van der Waals surface area contributed by atoms with Gasteiger partial charge in [0.2, 0.25) is 5.75 Å². The van der Waals surface area contributed by atoms with Crippen molar-refractivity contribution >= 4 is 29.3 Å². The van der Waals surface area contributed by atoms with Gasteiger partial charge in [-0.05, 0) is 56.1 Å². The SMILES string of the molecule is COc1ccc(C2Sc3ccccc3N(CCN(C)C)C(=O)C2OC(=O)c2cc(OC)c(OC)c(OC)c2)cc1. The number of esters is 1. The van der Waals surface area contributed by atoms with E-state index in [-0.39, 0.29) is 11.5 Å². The number of anilines is 1. The van der Waals surface area contributed by atoms with Gasteiger partial charge in [-0.2, -0.15) is 0 Å². The highest BCUT2D eigenvalue weighted by molar-refractivity contribution is 7.99. The zero-order valence-electron chi connectivity index (χ0n) is 23.5. The average Bonchev–Trinajstić information content (AvgIpc) is 3.09. The van der Waals surface area contributed by atoms with E-state index < -0.39 is 17.3 Å². The summed E-state index contributed by atoms with van der Waals surface area (Å²) in [7, 11) is 9.92. The number of carbonyl (C=O) groups excluding carboxylic acids is 2. The van der Waals surface area contributed by atoms with Gasteiger partial charge in [0, 0.05) is 18.0 Å². The lowest BCUT2D eigenvalue weighted by atomic mass is 10.0. The summed E-state index contributed by atoms with van der Waals surface area (Å²) in [5.74, 6) is 0.664. The predicted molar refractivity (Wildman–Crippen MR) is 154 cm³/mol. The lowest BCUT2D eigenvalue weighted by Gasteiger charge is -2.29. The van der Waals surface area contributed by atoms with Gasteiger partial charge >= 0.3 is 5.97 Å². The molecule has 3 aromatic carbocycles. The molecule has 1 aliphatic heterocycles. The van der Waals surface area contributed by atoms with Gasteiger partial charge in [0.05, 0.1) is 44.9 Å². The number of rotatable bonds is 10. The summed E-state index contributed by atoms with van der Waals surface area (Å²) in [5, 5.41) is -0.519. The minimum Gasteiger partial charge on any atom is -0.497 e. The molecule has 0 fully saturated rings. The Hall–Kier alpha value is -3.89. The van der Waals surface area contributed by atoms with Crippen LogP contribution < -0.4 is 23.8 Å². The van der Waals surface area contributed by atoms with Gasteiger partial charge in [0.1, 0.15) is 5.75 Å². The van der Waals surface area contributed by atoms with Gasteiger partial charge < -0.3 is 33.5 Å². The summed E-state index contributed by atoms with van der Waals surface area (Å²) in [4.78, 5) is 32.5. The van der Waals surface area contributed by atoms with Gasteiger partial charge in [-0.15, -0.1) is 11.8 Å². The van der Waals surface area contributed by atoms with Crippen LogP contribution >= 0.6 is 11.8 Å². The maximum absolute atomic E-state index is 14.3. The van der Waals surface area contributed by atoms with Crippen LogP contribution in [0, 0.1) is 0 Å².